The molecule has 0 radical (unpaired) electrons. The van der Waals surface area contributed by atoms with E-state index in [1.165, 1.54) is 5.56 Å². The predicted molar refractivity (Wildman–Crippen MR) is 82.5 cm³/mol. The quantitative estimate of drug-likeness (QED) is 0.871. The first-order valence-corrected chi connectivity index (χ1v) is 8.46. The number of rotatable bonds is 6. The maximum absolute atomic E-state index is 11.9. The summed E-state index contributed by atoms with van der Waals surface area (Å²) in [5.41, 5.74) is 2.29. The van der Waals surface area contributed by atoms with Gasteiger partial charge in [0.25, 0.3) is 0 Å². The van der Waals surface area contributed by atoms with Gasteiger partial charge in [-0.2, -0.15) is 0 Å². The fraction of sp³-hybridized carbons (Fsp3) is 0.600. The van der Waals surface area contributed by atoms with Gasteiger partial charge in [0.1, 0.15) is 0 Å². The van der Waals surface area contributed by atoms with Crippen LogP contribution in [0.2, 0.25) is 0 Å². The molecule has 0 atom stereocenters. The Morgan fingerprint density at radius 3 is 2.16 bits per heavy atom. The molecule has 0 aliphatic carbocycles. The Balaban J connectivity index is 2.50. The summed E-state index contributed by atoms with van der Waals surface area (Å²) in [5, 5.41) is 3.16. The maximum atomic E-state index is 11.9. The lowest BCUT2D eigenvalue weighted by Gasteiger charge is -2.19. The van der Waals surface area contributed by atoms with E-state index in [0.717, 1.165) is 18.5 Å². The summed E-state index contributed by atoms with van der Waals surface area (Å²) in [7, 11) is -3.05. The normalized spacial score (nSPS) is 12.4. The second-order valence-electron chi connectivity index (χ2n) is 5.80. The van der Waals surface area contributed by atoms with Gasteiger partial charge in [-0.25, -0.2) is 8.42 Å². The molecule has 0 fully saturated rings. The summed E-state index contributed by atoms with van der Waals surface area (Å²) in [6.45, 7) is 7.82. The number of hydrogen-bond donors (Lipinski definition) is 1. The van der Waals surface area contributed by atoms with Crippen LogP contribution < -0.4 is 5.32 Å². The molecule has 0 spiro atoms. The van der Waals surface area contributed by atoms with Crippen LogP contribution in [0.5, 0.6) is 0 Å². The summed E-state index contributed by atoms with van der Waals surface area (Å²) in [4.78, 5) is 0. The van der Waals surface area contributed by atoms with Crippen LogP contribution in [0.1, 0.15) is 39.7 Å². The molecule has 0 amide bonds. The second-order valence-corrected chi connectivity index (χ2v) is 8.67. The van der Waals surface area contributed by atoms with Gasteiger partial charge in [-0.1, -0.05) is 25.5 Å². The van der Waals surface area contributed by atoms with E-state index < -0.39 is 14.6 Å². The van der Waals surface area contributed by atoms with Crippen LogP contribution in [0.25, 0.3) is 0 Å². The Bertz CT molecular complexity index is 484. The highest BCUT2D eigenvalue weighted by molar-refractivity contribution is 7.92. The van der Waals surface area contributed by atoms with Crippen molar-refractivity contribution in [2.24, 2.45) is 0 Å². The predicted octanol–water partition coefficient (Wildman–Crippen LogP) is 3.26. The van der Waals surface area contributed by atoms with E-state index >= 15 is 0 Å². The Kier molecular flexibility index (Phi) is 5.41. The standard InChI is InChI=1S/C15H25NO2S/c1-5-6-13-7-9-14(10-8-13)16-11-12-19(17,18)15(2,3)4/h7-10,16H,5-6,11-12H2,1-4H3. The van der Waals surface area contributed by atoms with Gasteiger partial charge in [-0.15, -0.1) is 0 Å². The van der Waals surface area contributed by atoms with Gasteiger partial charge < -0.3 is 5.32 Å². The Hall–Kier alpha value is -1.03. The molecule has 108 valence electrons. The van der Waals surface area contributed by atoms with Crippen molar-refractivity contribution in [2.75, 3.05) is 17.6 Å². The fourth-order valence-corrected chi connectivity index (χ4v) is 2.70. The third-order valence-corrected chi connectivity index (χ3v) is 5.73. The van der Waals surface area contributed by atoms with E-state index in [4.69, 9.17) is 0 Å². The fourth-order valence-electron chi connectivity index (χ4n) is 1.71. The van der Waals surface area contributed by atoms with Gasteiger partial charge in [-0.05, 0) is 44.9 Å². The number of benzene rings is 1. The molecule has 3 nitrogen and oxygen atoms in total. The van der Waals surface area contributed by atoms with Gasteiger partial charge in [0.2, 0.25) is 0 Å². The summed E-state index contributed by atoms with van der Waals surface area (Å²) in [6, 6.07) is 8.19. The first-order valence-electron chi connectivity index (χ1n) is 6.81. The third kappa shape index (κ3) is 4.86. The van der Waals surface area contributed by atoms with E-state index in [0.29, 0.717) is 6.54 Å². The molecular weight excluding hydrogens is 258 g/mol. The Morgan fingerprint density at radius 1 is 1.11 bits per heavy atom. The number of nitrogens with one attached hydrogen (secondary N) is 1. The average Bonchev–Trinajstić information content (AvgIpc) is 2.30. The maximum Gasteiger partial charge on any atom is 0.156 e. The molecule has 0 bridgehead atoms. The van der Waals surface area contributed by atoms with E-state index in [9.17, 15) is 8.42 Å². The van der Waals surface area contributed by atoms with E-state index in [1.54, 1.807) is 20.8 Å². The number of anilines is 1. The molecule has 0 aliphatic rings. The average molecular weight is 283 g/mol. The molecule has 1 rings (SSSR count). The van der Waals surface area contributed by atoms with Gasteiger partial charge >= 0.3 is 0 Å². The van der Waals surface area contributed by atoms with E-state index in [2.05, 4.69) is 24.4 Å². The molecule has 0 saturated heterocycles. The van der Waals surface area contributed by atoms with Gasteiger partial charge in [-0.3, -0.25) is 0 Å². The van der Waals surface area contributed by atoms with Gasteiger partial charge in [0.15, 0.2) is 9.84 Å². The monoisotopic (exact) mass is 283 g/mol. The molecule has 4 heteroatoms. The van der Waals surface area contributed by atoms with Crippen molar-refractivity contribution < 1.29 is 8.42 Å². The minimum absolute atomic E-state index is 0.160. The van der Waals surface area contributed by atoms with E-state index in [1.807, 2.05) is 12.1 Å². The van der Waals surface area contributed by atoms with Gasteiger partial charge in [0.05, 0.1) is 10.5 Å². The molecule has 1 aromatic carbocycles. The largest absolute Gasteiger partial charge is 0.384 e. The number of sulfone groups is 1. The van der Waals surface area contributed by atoms with Crippen molar-refractivity contribution in [2.45, 2.75) is 45.3 Å². The molecule has 0 aliphatic heterocycles. The highest BCUT2D eigenvalue weighted by Gasteiger charge is 2.28. The summed E-state index contributed by atoms with van der Waals surface area (Å²) >= 11 is 0. The van der Waals surface area contributed by atoms with Crippen LogP contribution >= 0.6 is 0 Å². The summed E-state index contributed by atoms with van der Waals surface area (Å²) < 4.78 is 23.2. The molecule has 0 unspecified atom stereocenters. The van der Waals surface area contributed by atoms with Crippen LogP contribution in [-0.2, 0) is 16.3 Å². The number of hydrogen-bond acceptors (Lipinski definition) is 3. The van der Waals surface area contributed by atoms with Crippen molar-refractivity contribution in [3.05, 3.63) is 29.8 Å². The van der Waals surface area contributed by atoms with Crippen LogP contribution in [0.3, 0.4) is 0 Å². The topological polar surface area (TPSA) is 46.2 Å². The molecule has 19 heavy (non-hydrogen) atoms. The SMILES string of the molecule is CCCc1ccc(NCCS(=O)(=O)C(C)(C)C)cc1. The third-order valence-electron chi connectivity index (χ3n) is 3.13. The Labute approximate surface area is 117 Å². The van der Waals surface area contributed by atoms with E-state index in [-0.39, 0.29) is 5.75 Å². The first kappa shape index (κ1) is 16.0. The zero-order chi connectivity index (χ0) is 14.5. The molecule has 1 aromatic rings. The van der Waals surface area contributed by atoms with Crippen molar-refractivity contribution in [1.29, 1.82) is 0 Å². The highest BCUT2D eigenvalue weighted by Crippen LogP contribution is 2.16. The smallest absolute Gasteiger partial charge is 0.156 e. The van der Waals surface area contributed by atoms with Crippen molar-refractivity contribution in [3.8, 4) is 0 Å². The summed E-state index contributed by atoms with van der Waals surface area (Å²) in [6.07, 6.45) is 2.22. The first-order chi connectivity index (χ1) is 8.76. The lowest BCUT2D eigenvalue weighted by Crippen LogP contribution is -2.32. The molecule has 0 saturated carbocycles. The molecule has 1 N–H and O–H groups in total. The molecule has 0 aromatic heterocycles. The van der Waals surface area contributed by atoms with Crippen LogP contribution in [0, 0.1) is 0 Å². The highest BCUT2D eigenvalue weighted by atomic mass is 32.2. The zero-order valence-corrected chi connectivity index (χ0v) is 13.2. The minimum atomic E-state index is -3.05. The second kappa shape index (κ2) is 6.42. The van der Waals surface area contributed by atoms with Crippen molar-refractivity contribution >= 4 is 15.5 Å². The Morgan fingerprint density at radius 2 is 1.68 bits per heavy atom. The molecular formula is C15H25NO2S. The molecule has 0 heterocycles. The minimum Gasteiger partial charge on any atom is -0.384 e. The lowest BCUT2D eigenvalue weighted by molar-refractivity contribution is 0.560. The van der Waals surface area contributed by atoms with Crippen LogP contribution in [-0.4, -0.2) is 25.5 Å². The van der Waals surface area contributed by atoms with Crippen LogP contribution in [0.4, 0.5) is 5.69 Å². The van der Waals surface area contributed by atoms with Crippen molar-refractivity contribution in [3.63, 3.8) is 0 Å². The van der Waals surface area contributed by atoms with Crippen LogP contribution in [0.15, 0.2) is 24.3 Å². The number of aryl methyl sites for hydroxylation is 1. The zero-order valence-electron chi connectivity index (χ0n) is 12.4. The van der Waals surface area contributed by atoms with Crippen molar-refractivity contribution in [1.82, 2.24) is 0 Å². The summed E-state index contributed by atoms with van der Waals surface area (Å²) in [5.74, 6) is 0.160. The van der Waals surface area contributed by atoms with Gasteiger partial charge in [0, 0.05) is 12.2 Å². The lowest BCUT2D eigenvalue weighted by atomic mass is 10.1.